The largest absolute Gasteiger partial charge is 0.496 e. The number of carbonyl (C=O) groups is 1. The Hall–Kier alpha value is -2.56. The zero-order valence-corrected chi connectivity index (χ0v) is 14.5. The van der Waals surface area contributed by atoms with Gasteiger partial charge < -0.3 is 15.4 Å². The van der Waals surface area contributed by atoms with E-state index >= 15 is 0 Å². The van der Waals surface area contributed by atoms with E-state index in [0.29, 0.717) is 18.0 Å². The third-order valence-corrected chi connectivity index (χ3v) is 3.59. The lowest BCUT2D eigenvalue weighted by Crippen LogP contribution is -2.26. The fraction of sp³-hybridized carbons (Fsp3) is 0.368. The van der Waals surface area contributed by atoms with Crippen LogP contribution in [0.5, 0.6) is 5.75 Å². The summed E-state index contributed by atoms with van der Waals surface area (Å²) in [5.41, 5.74) is 1.64. The number of hydrogen-bond acceptors (Lipinski definition) is 4. The van der Waals surface area contributed by atoms with Gasteiger partial charge in [0.15, 0.2) is 0 Å². The summed E-state index contributed by atoms with van der Waals surface area (Å²) < 4.78 is 5.31. The second-order valence-corrected chi connectivity index (χ2v) is 6.02. The number of methoxy groups -OCH3 is 1. The summed E-state index contributed by atoms with van der Waals surface area (Å²) in [5, 5.41) is 6.14. The van der Waals surface area contributed by atoms with Gasteiger partial charge in [0.2, 0.25) is 0 Å². The number of nitrogens with one attached hydrogen (secondary N) is 2. The summed E-state index contributed by atoms with van der Waals surface area (Å²) in [6.45, 7) is 5.68. The smallest absolute Gasteiger partial charge is 0.252 e. The summed E-state index contributed by atoms with van der Waals surface area (Å²) >= 11 is 0. The molecular weight excluding hydrogens is 302 g/mol. The standard InChI is InChI=1S/C19H25N3O2/c1-14(2)12-21-18-9-8-16(13-22-18)19(23)20-11-10-15-6-4-5-7-17(15)24-3/h4-9,13-14H,10-12H2,1-3H3,(H,20,23)(H,21,22). The molecule has 0 aliphatic carbocycles. The Kier molecular flexibility index (Phi) is 6.61. The van der Waals surface area contributed by atoms with Gasteiger partial charge in [0.05, 0.1) is 12.7 Å². The van der Waals surface area contributed by atoms with Gasteiger partial charge in [-0.1, -0.05) is 32.0 Å². The van der Waals surface area contributed by atoms with E-state index in [1.54, 1.807) is 19.4 Å². The summed E-state index contributed by atoms with van der Waals surface area (Å²) in [5.74, 6) is 2.06. The second kappa shape index (κ2) is 8.91. The highest BCUT2D eigenvalue weighted by molar-refractivity contribution is 5.94. The molecule has 1 heterocycles. The van der Waals surface area contributed by atoms with E-state index in [-0.39, 0.29) is 5.91 Å². The van der Waals surface area contributed by atoms with Crippen molar-refractivity contribution in [2.45, 2.75) is 20.3 Å². The van der Waals surface area contributed by atoms with E-state index in [9.17, 15) is 4.79 Å². The third kappa shape index (κ3) is 5.26. The van der Waals surface area contributed by atoms with Crippen LogP contribution in [0.3, 0.4) is 0 Å². The maximum atomic E-state index is 12.2. The molecule has 24 heavy (non-hydrogen) atoms. The maximum Gasteiger partial charge on any atom is 0.252 e. The zero-order valence-electron chi connectivity index (χ0n) is 14.5. The van der Waals surface area contributed by atoms with Crippen LogP contribution in [0.25, 0.3) is 0 Å². The quantitative estimate of drug-likeness (QED) is 0.782. The van der Waals surface area contributed by atoms with Gasteiger partial charge in [-0.15, -0.1) is 0 Å². The number of benzene rings is 1. The van der Waals surface area contributed by atoms with Gasteiger partial charge in [0.1, 0.15) is 11.6 Å². The topological polar surface area (TPSA) is 63.2 Å². The molecule has 2 aromatic rings. The van der Waals surface area contributed by atoms with Crippen LogP contribution in [0, 0.1) is 5.92 Å². The van der Waals surface area contributed by atoms with Crippen molar-refractivity contribution in [3.63, 3.8) is 0 Å². The van der Waals surface area contributed by atoms with Gasteiger partial charge >= 0.3 is 0 Å². The number of rotatable bonds is 8. The van der Waals surface area contributed by atoms with Crippen molar-refractivity contribution < 1.29 is 9.53 Å². The van der Waals surface area contributed by atoms with Crippen molar-refractivity contribution in [3.05, 3.63) is 53.7 Å². The van der Waals surface area contributed by atoms with E-state index in [2.05, 4.69) is 29.5 Å². The Morgan fingerprint density at radius 2 is 2.00 bits per heavy atom. The molecular formula is C19H25N3O2. The number of hydrogen-bond donors (Lipinski definition) is 2. The predicted molar refractivity (Wildman–Crippen MR) is 96.6 cm³/mol. The summed E-state index contributed by atoms with van der Waals surface area (Å²) in [6.07, 6.45) is 2.32. The first-order chi connectivity index (χ1) is 11.6. The van der Waals surface area contributed by atoms with Gasteiger partial charge in [-0.3, -0.25) is 4.79 Å². The van der Waals surface area contributed by atoms with E-state index in [0.717, 1.165) is 30.1 Å². The van der Waals surface area contributed by atoms with Gasteiger partial charge in [0.25, 0.3) is 5.91 Å². The molecule has 5 nitrogen and oxygen atoms in total. The van der Waals surface area contributed by atoms with Gasteiger partial charge in [0, 0.05) is 19.3 Å². The van der Waals surface area contributed by atoms with Crippen molar-refractivity contribution in [1.29, 1.82) is 0 Å². The van der Waals surface area contributed by atoms with Gasteiger partial charge in [-0.05, 0) is 36.1 Å². The minimum atomic E-state index is -0.118. The fourth-order valence-electron chi connectivity index (χ4n) is 2.26. The second-order valence-electron chi connectivity index (χ2n) is 6.02. The highest BCUT2D eigenvalue weighted by atomic mass is 16.5. The van der Waals surface area contributed by atoms with E-state index in [4.69, 9.17) is 4.74 Å². The van der Waals surface area contributed by atoms with Crippen LogP contribution >= 0.6 is 0 Å². The maximum absolute atomic E-state index is 12.2. The van der Waals surface area contributed by atoms with Crippen molar-refractivity contribution in [3.8, 4) is 5.75 Å². The Labute approximate surface area is 143 Å². The van der Waals surface area contributed by atoms with E-state index in [1.807, 2.05) is 30.3 Å². The van der Waals surface area contributed by atoms with Crippen molar-refractivity contribution >= 4 is 11.7 Å². The van der Waals surface area contributed by atoms with Gasteiger partial charge in [-0.25, -0.2) is 4.98 Å². The van der Waals surface area contributed by atoms with Crippen LogP contribution in [-0.4, -0.2) is 31.1 Å². The fourth-order valence-corrected chi connectivity index (χ4v) is 2.26. The van der Waals surface area contributed by atoms with Crippen molar-refractivity contribution in [2.24, 2.45) is 5.92 Å². The number of pyridine rings is 1. The highest BCUT2D eigenvalue weighted by Crippen LogP contribution is 2.17. The molecule has 0 atom stereocenters. The number of ether oxygens (including phenoxy) is 1. The number of nitrogens with zero attached hydrogens (tertiary/aromatic N) is 1. The Morgan fingerprint density at radius 1 is 1.21 bits per heavy atom. The molecule has 1 aromatic carbocycles. The molecule has 1 amide bonds. The first-order valence-electron chi connectivity index (χ1n) is 8.20. The minimum Gasteiger partial charge on any atom is -0.496 e. The molecule has 0 aliphatic rings. The summed E-state index contributed by atoms with van der Waals surface area (Å²) in [7, 11) is 1.65. The Balaban J connectivity index is 1.84. The van der Waals surface area contributed by atoms with Crippen LogP contribution in [0.2, 0.25) is 0 Å². The lowest BCUT2D eigenvalue weighted by atomic mass is 10.1. The Morgan fingerprint density at radius 3 is 2.67 bits per heavy atom. The number of anilines is 1. The number of carbonyl (C=O) groups excluding carboxylic acids is 1. The van der Waals surface area contributed by atoms with Crippen LogP contribution in [-0.2, 0) is 6.42 Å². The van der Waals surface area contributed by atoms with Crippen LogP contribution in [0.15, 0.2) is 42.6 Å². The predicted octanol–water partition coefficient (Wildman–Crippen LogP) is 3.13. The lowest BCUT2D eigenvalue weighted by Gasteiger charge is -2.10. The summed E-state index contributed by atoms with van der Waals surface area (Å²) in [4.78, 5) is 16.4. The van der Waals surface area contributed by atoms with E-state index < -0.39 is 0 Å². The molecule has 0 aliphatic heterocycles. The molecule has 0 spiro atoms. The SMILES string of the molecule is COc1ccccc1CCNC(=O)c1ccc(NCC(C)C)nc1. The Bertz CT molecular complexity index is 654. The molecule has 0 saturated heterocycles. The molecule has 0 saturated carbocycles. The van der Waals surface area contributed by atoms with Crippen LogP contribution in [0.4, 0.5) is 5.82 Å². The highest BCUT2D eigenvalue weighted by Gasteiger charge is 2.07. The molecule has 5 heteroatoms. The van der Waals surface area contributed by atoms with Crippen molar-refractivity contribution in [2.75, 3.05) is 25.5 Å². The molecule has 0 radical (unpaired) electrons. The molecule has 128 valence electrons. The van der Waals surface area contributed by atoms with Crippen molar-refractivity contribution in [1.82, 2.24) is 10.3 Å². The first-order valence-corrected chi connectivity index (χ1v) is 8.20. The average Bonchev–Trinajstić information content (AvgIpc) is 2.60. The molecule has 1 aromatic heterocycles. The third-order valence-electron chi connectivity index (χ3n) is 3.59. The average molecular weight is 327 g/mol. The molecule has 2 rings (SSSR count). The molecule has 0 unspecified atom stereocenters. The lowest BCUT2D eigenvalue weighted by molar-refractivity contribution is 0.0953. The summed E-state index contributed by atoms with van der Waals surface area (Å²) in [6, 6.07) is 11.4. The normalized spacial score (nSPS) is 10.5. The molecule has 2 N–H and O–H groups in total. The molecule has 0 bridgehead atoms. The monoisotopic (exact) mass is 327 g/mol. The zero-order chi connectivity index (χ0) is 17.4. The molecule has 0 fully saturated rings. The number of aromatic nitrogens is 1. The van der Waals surface area contributed by atoms with Gasteiger partial charge in [-0.2, -0.15) is 0 Å². The van der Waals surface area contributed by atoms with Crippen LogP contribution in [0.1, 0.15) is 29.8 Å². The number of para-hydroxylation sites is 1. The van der Waals surface area contributed by atoms with Crippen LogP contribution < -0.4 is 15.4 Å². The minimum absolute atomic E-state index is 0.118. The van der Waals surface area contributed by atoms with E-state index in [1.165, 1.54) is 0 Å². The first kappa shape index (κ1) is 17.8. The number of amides is 1.